The highest BCUT2D eigenvalue weighted by atomic mass is 32.2. The van der Waals surface area contributed by atoms with Crippen LogP contribution in [0.3, 0.4) is 0 Å². The summed E-state index contributed by atoms with van der Waals surface area (Å²) in [5.74, 6) is 0.744. The van der Waals surface area contributed by atoms with Crippen LogP contribution in [0.15, 0.2) is 73.2 Å². The molecule has 0 unspecified atom stereocenters. The summed E-state index contributed by atoms with van der Waals surface area (Å²) in [6.07, 6.45) is 6.32. The van der Waals surface area contributed by atoms with Crippen LogP contribution in [0.5, 0.6) is 0 Å². The van der Waals surface area contributed by atoms with Gasteiger partial charge in [0.15, 0.2) is 0 Å². The molecule has 6 nitrogen and oxygen atoms in total. The highest BCUT2D eigenvalue weighted by Crippen LogP contribution is 2.13. The summed E-state index contributed by atoms with van der Waals surface area (Å²) in [4.78, 5) is 8.31. The van der Waals surface area contributed by atoms with Crippen molar-refractivity contribution in [3.8, 4) is 0 Å². The number of aryl methyl sites for hydroxylation is 1. The van der Waals surface area contributed by atoms with E-state index in [1.165, 1.54) is 6.20 Å². The number of rotatable bonds is 9. The maximum atomic E-state index is 12.2. The van der Waals surface area contributed by atoms with E-state index in [0.29, 0.717) is 24.5 Å². The van der Waals surface area contributed by atoms with Gasteiger partial charge < -0.3 is 5.32 Å². The lowest BCUT2D eigenvalue weighted by atomic mass is 10.1. The number of benzene rings is 1. The third-order valence-electron chi connectivity index (χ3n) is 3.95. The predicted octanol–water partition coefficient (Wildman–Crippen LogP) is 3.46. The van der Waals surface area contributed by atoms with Gasteiger partial charge in [0.1, 0.15) is 5.82 Å². The molecule has 3 rings (SSSR count). The number of nitrogens with zero attached hydrogens (tertiary/aromatic N) is 2. The van der Waals surface area contributed by atoms with Gasteiger partial charge in [-0.15, -0.1) is 0 Å². The van der Waals surface area contributed by atoms with Crippen LogP contribution in [0.25, 0.3) is 0 Å². The van der Waals surface area contributed by atoms with E-state index >= 15 is 0 Å². The molecule has 0 atom stereocenters. The third-order valence-corrected chi connectivity index (χ3v) is 5.33. The summed E-state index contributed by atoms with van der Waals surface area (Å²) < 4.78 is 27.0. The molecule has 3 aromatic rings. The molecule has 2 heterocycles. The molecule has 0 aliphatic rings. The minimum Gasteiger partial charge on any atom is -0.366 e. The van der Waals surface area contributed by atoms with E-state index in [2.05, 4.69) is 20.0 Å². The maximum Gasteiger partial charge on any atom is 0.232 e. The lowest BCUT2D eigenvalue weighted by Crippen LogP contribution is -2.17. The smallest absolute Gasteiger partial charge is 0.232 e. The molecule has 0 bridgehead atoms. The van der Waals surface area contributed by atoms with Gasteiger partial charge in [0.25, 0.3) is 0 Å². The Morgan fingerprint density at radius 3 is 2.41 bits per heavy atom. The van der Waals surface area contributed by atoms with Gasteiger partial charge in [-0.3, -0.25) is 9.71 Å². The fraction of sp³-hybridized carbons (Fsp3) is 0.200. The summed E-state index contributed by atoms with van der Waals surface area (Å²) in [5.41, 5.74) is 2.64. The first kappa shape index (κ1) is 18.8. The standard InChI is InChI=1S/C20H22N4O2S/c25-27(26,13-5-9-17-6-2-1-3-7-17)24-19-10-11-20(23-16-19)22-15-18-8-4-12-21-14-18/h1-4,6-8,10-12,14,16,24H,5,9,13,15H2,(H,22,23). The molecular weight excluding hydrogens is 360 g/mol. The fourth-order valence-corrected chi connectivity index (χ4v) is 3.70. The van der Waals surface area contributed by atoms with Gasteiger partial charge in [0.05, 0.1) is 17.6 Å². The van der Waals surface area contributed by atoms with Gasteiger partial charge in [0.2, 0.25) is 10.0 Å². The lowest BCUT2D eigenvalue weighted by molar-refractivity contribution is 0.598. The summed E-state index contributed by atoms with van der Waals surface area (Å²) in [5, 5.41) is 3.18. The first-order valence-electron chi connectivity index (χ1n) is 8.74. The zero-order valence-electron chi connectivity index (χ0n) is 14.9. The largest absolute Gasteiger partial charge is 0.366 e. The Kier molecular flexibility index (Phi) is 6.38. The summed E-state index contributed by atoms with van der Waals surface area (Å²) in [6, 6.07) is 17.2. The molecule has 0 fully saturated rings. The third kappa shape index (κ3) is 6.38. The average Bonchev–Trinajstić information content (AvgIpc) is 2.69. The van der Waals surface area contributed by atoms with Crippen molar-refractivity contribution in [1.82, 2.24) is 9.97 Å². The van der Waals surface area contributed by atoms with Gasteiger partial charge in [-0.25, -0.2) is 13.4 Å². The second kappa shape index (κ2) is 9.14. The number of sulfonamides is 1. The SMILES string of the molecule is O=S(=O)(CCCc1ccccc1)Nc1ccc(NCc2cccnc2)nc1. The van der Waals surface area contributed by atoms with Crippen molar-refractivity contribution in [2.24, 2.45) is 0 Å². The molecule has 0 radical (unpaired) electrons. The Bertz CT molecular complexity index is 931. The first-order valence-corrected chi connectivity index (χ1v) is 10.4. The van der Waals surface area contributed by atoms with Crippen molar-refractivity contribution in [1.29, 1.82) is 0 Å². The molecule has 2 aromatic heterocycles. The van der Waals surface area contributed by atoms with Crippen molar-refractivity contribution in [3.63, 3.8) is 0 Å². The van der Waals surface area contributed by atoms with Gasteiger partial charge in [-0.05, 0) is 42.2 Å². The molecule has 0 amide bonds. The van der Waals surface area contributed by atoms with Gasteiger partial charge >= 0.3 is 0 Å². The Balaban J connectivity index is 1.47. The van der Waals surface area contributed by atoms with Crippen molar-refractivity contribution in [3.05, 3.63) is 84.3 Å². The Morgan fingerprint density at radius 2 is 1.70 bits per heavy atom. The number of hydrogen-bond donors (Lipinski definition) is 2. The predicted molar refractivity (Wildman–Crippen MR) is 108 cm³/mol. The van der Waals surface area contributed by atoms with E-state index in [1.807, 2.05) is 42.5 Å². The van der Waals surface area contributed by atoms with Crippen LogP contribution in [0, 0.1) is 0 Å². The number of pyridine rings is 2. The normalized spacial score (nSPS) is 11.1. The van der Waals surface area contributed by atoms with Crippen LogP contribution < -0.4 is 10.0 Å². The molecule has 0 saturated carbocycles. The van der Waals surface area contributed by atoms with Crippen LogP contribution in [0.1, 0.15) is 17.5 Å². The van der Waals surface area contributed by atoms with E-state index in [9.17, 15) is 8.42 Å². The number of hydrogen-bond acceptors (Lipinski definition) is 5. The summed E-state index contributed by atoms with van der Waals surface area (Å²) >= 11 is 0. The molecule has 0 aliphatic heterocycles. The first-order chi connectivity index (χ1) is 13.1. The molecule has 1 aromatic carbocycles. The molecular formula is C20H22N4O2S. The minimum atomic E-state index is -3.39. The number of nitrogens with one attached hydrogen (secondary N) is 2. The van der Waals surface area contributed by atoms with E-state index < -0.39 is 10.0 Å². The zero-order valence-corrected chi connectivity index (χ0v) is 15.7. The minimum absolute atomic E-state index is 0.0723. The highest BCUT2D eigenvalue weighted by Gasteiger charge is 2.10. The van der Waals surface area contributed by atoms with Crippen molar-refractivity contribution >= 4 is 21.5 Å². The topological polar surface area (TPSA) is 84.0 Å². The van der Waals surface area contributed by atoms with Gasteiger partial charge in [-0.1, -0.05) is 36.4 Å². The monoisotopic (exact) mass is 382 g/mol. The molecule has 140 valence electrons. The van der Waals surface area contributed by atoms with Gasteiger partial charge in [-0.2, -0.15) is 0 Å². The van der Waals surface area contributed by atoms with Crippen LogP contribution in [0.4, 0.5) is 11.5 Å². The summed E-state index contributed by atoms with van der Waals surface area (Å²) in [7, 11) is -3.39. The van der Waals surface area contributed by atoms with E-state index in [0.717, 1.165) is 17.5 Å². The summed E-state index contributed by atoms with van der Waals surface area (Å²) in [6.45, 7) is 0.603. The van der Waals surface area contributed by atoms with E-state index in [1.54, 1.807) is 24.5 Å². The quantitative estimate of drug-likeness (QED) is 0.592. The van der Waals surface area contributed by atoms with Crippen molar-refractivity contribution < 1.29 is 8.42 Å². The molecule has 27 heavy (non-hydrogen) atoms. The maximum absolute atomic E-state index is 12.2. The number of aromatic nitrogens is 2. The van der Waals surface area contributed by atoms with Crippen molar-refractivity contribution in [2.75, 3.05) is 15.8 Å². The highest BCUT2D eigenvalue weighted by molar-refractivity contribution is 7.92. The molecule has 0 spiro atoms. The van der Waals surface area contributed by atoms with Crippen LogP contribution in [0.2, 0.25) is 0 Å². The average molecular weight is 382 g/mol. The zero-order chi connectivity index (χ0) is 19.0. The fourth-order valence-electron chi connectivity index (χ4n) is 2.60. The Labute approximate surface area is 159 Å². The second-order valence-corrected chi connectivity index (χ2v) is 8.00. The Morgan fingerprint density at radius 1 is 0.889 bits per heavy atom. The number of anilines is 2. The molecule has 2 N–H and O–H groups in total. The van der Waals surface area contributed by atoms with Crippen molar-refractivity contribution in [2.45, 2.75) is 19.4 Å². The van der Waals surface area contributed by atoms with E-state index in [4.69, 9.17) is 0 Å². The molecule has 7 heteroatoms. The molecule has 0 saturated heterocycles. The lowest BCUT2D eigenvalue weighted by Gasteiger charge is -2.09. The molecule has 0 aliphatic carbocycles. The second-order valence-electron chi connectivity index (χ2n) is 6.16. The van der Waals surface area contributed by atoms with E-state index in [-0.39, 0.29) is 5.75 Å². The van der Waals surface area contributed by atoms with Crippen LogP contribution in [-0.2, 0) is 23.0 Å². The Hall–Kier alpha value is -2.93. The van der Waals surface area contributed by atoms with Gasteiger partial charge in [0, 0.05) is 18.9 Å². The van der Waals surface area contributed by atoms with Crippen LogP contribution in [-0.4, -0.2) is 24.1 Å². The van der Waals surface area contributed by atoms with Crippen LogP contribution >= 0.6 is 0 Å².